The quantitative estimate of drug-likeness (QED) is 0.514. The molecule has 6 heteroatoms. The molecule has 0 aromatic carbocycles. The maximum Gasteiger partial charge on any atom is 0.327 e. The molecule has 0 bridgehead atoms. The lowest BCUT2D eigenvalue weighted by atomic mass is 9.73. The second-order valence-electron chi connectivity index (χ2n) is 2.72. The smallest absolute Gasteiger partial charge is 0.327 e. The summed E-state index contributed by atoms with van der Waals surface area (Å²) in [5, 5.41) is 9.39. The molecule has 1 N–H and O–H groups in total. The Bertz CT molecular complexity index is 156. The van der Waals surface area contributed by atoms with Crippen molar-refractivity contribution in [3.8, 4) is 0 Å². The van der Waals surface area contributed by atoms with Gasteiger partial charge in [-0.15, -0.1) is 0 Å². The van der Waals surface area contributed by atoms with Crippen molar-refractivity contribution in [2.24, 2.45) is 0 Å². The highest BCUT2D eigenvalue weighted by atomic mass is 31.1. The lowest BCUT2D eigenvalue weighted by Gasteiger charge is -2.11. The Morgan fingerprint density at radius 3 is 3.08 bits per heavy atom. The first-order valence-corrected chi connectivity index (χ1v) is 4.58. The van der Waals surface area contributed by atoms with E-state index in [1.54, 1.807) is 0 Å². The molecule has 1 rings (SSSR count). The van der Waals surface area contributed by atoms with Gasteiger partial charge in [-0.3, -0.25) is 4.52 Å². The molecule has 0 aliphatic carbocycles. The van der Waals surface area contributed by atoms with E-state index in [1.165, 1.54) is 0 Å². The molecule has 4 nitrogen and oxygen atoms in total. The summed E-state index contributed by atoms with van der Waals surface area (Å²) in [5.41, 5.74) is 0. The van der Waals surface area contributed by atoms with Gasteiger partial charge < -0.3 is 9.84 Å². The third-order valence-corrected chi connectivity index (χ3v) is 2.17. The van der Waals surface area contributed by atoms with Gasteiger partial charge >= 0.3 is 8.69 Å². The fourth-order valence-corrected chi connectivity index (χ4v) is 1.44. The Morgan fingerprint density at radius 2 is 2.58 bits per heavy atom. The minimum Gasteiger partial charge on any atom is -0.390 e. The molecular formula is C6H11BO4P. The van der Waals surface area contributed by atoms with Gasteiger partial charge in [0.2, 0.25) is 0 Å². The molecular weight excluding hydrogens is 178 g/mol. The van der Waals surface area contributed by atoms with E-state index in [4.69, 9.17) is 4.74 Å². The van der Waals surface area contributed by atoms with E-state index in [9.17, 15) is 9.67 Å². The molecule has 1 aliphatic heterocycles. The van der Waals surface area contributed by atoms with E-state index in [-0.39, 0.29) is 27.4 Å². The van der Waals surface area contributed by atoms with Crippen molar-refractivity contribution in [2.75, 3.05) is 6.61 Å². The number of aliphatic hydroxyl groups excluding tert-OH is 1. The minimum atomic E-state index is -0.507. The van der Waals surface area contributed by atoms with E-state index in [0.717, 1.165) is 0 Å². The summed E-state index contributed by atoms with van der Waals surface area (Å²) in [6.45, 7) is 2.06. The van der Waals surface area contributed by atoms with Gasteiger partial charge in [0.05, 0.1) is 12.7 Å². The normalized spacial score (nSPS) is 35.7. The molecule has 1 aliphatic rings. The van der Waals surface area contributed by atoms with Crippen LogP contribution in [0.5, 0.6) is 0 Å². The van der Waals surface area contributed by atoms with Crippen molar-refractivity contribution in [3.05, 3.63) is 0 Å². The van der Waals surface area contributed by atoms with Gasteiger partial charge in [-0.2, -0.15) is 0 Å². The predicted octanol–water partition coefficient (Wildman–Crippen LogP) is 0.438. The molecule has 0 aromatic heterocycles. The van der Waals surface area contributed by atoms with Crippen LogP contribution in [0, 0.1) is 0 Å². The van der Waals surface area contributed by atoms with Gasteiger partial charge in [-0.25, -0.2) is 4.57 Å². The molecule has 0 saturated carbocycles. The lowest BCUT2D eigenvalue weighted by Crippen LogP contribution is -2.25. The van der Waals surface area contributed by atoms with Crippen molar-refractivity contribution in [1.82, 2.24) is 0 Å². The summed E-state index contributed by atoms with van der Waals surface area (Å²) in [7, 11) is 1.52. The Labute approximate surface area is 73.8 Å². The van der Waals surface area contributed by atoms with Crippen molar-refractivity contribution >= 4 is 16.0 Å². The molecule has 0 amide bonds. The first kappa shape index (κ1) is 10.1. The van der Waals surface area contributed by atoms with Crippen LogP contribution in [0.1, 0.15) is 6.42 Å². The second kappa shape index (κ2) is 4.92. The molecule has 67 valence electrons. The number of aliphatic hydroxyl groups is 1. The van der Waals surface area contributed by atoms with Gasteiger partial charge in [0.15, 0.2) is 0 Å². The standard InChI is InChI=1S/C6H11BO4P/c1-7-6-2-4(8)5(11-6)3-10-12-9/h4-6,8H,2-3H2,1H3. The van der Waals surface area contributed by atoms with Crippen molar-refractivity contribution in [1.29, 1.82) is 0 Å². The lowest BCUT2D eigenvalue weighted by molar-refractivity contribution is 0.00477. The zero-order valence-electron chi connectivity index (χ0n) is 6.84. The van der Waals surface area contributed by atoms with Crippen molar-refractivity contribution in [2.45, 2.75) is 31.5 Å². The Balaban J connectivity index is 2.30. The largest absolute Gasteiger partial charge is 0.390 e. The summed E-state index contributed by atoms with van der Waals surface area (Å²) in [4.78, 5) is 0. The average Bonchev–Trinajstić information content (AvgIpc) is 2.43. The maximum atomic E-state index is 9.95. The van der Waals surface area contributed by atoms with Crippen LogP contribution in [-0.2, 0) is 13.8 Å². The van der Waals surface area contributed by atoms with Crippen LogP contribution in [0.3, 0.4) is 0 Å². The van der Waals surface area contributed by atoms with Gasteiger partial charge in [-0.1, -0.05) is 6.82 Å². The Morgan fingerprint density at radius 1 is 1.83 bits per heavy atom. The molecule has 0 spiro atoms. The number of hydrogen-bond acceptors (Lipinski definition) is 4. The highest BCUT2D eigenvalue weighted by Crippen LogP contribution is 2.20. The number of ether oxygens (including phenoxy) is 1. The van der Waals surface area contributed by atoms with Crippen molar-refractivity contribution in [3.63, 3.8) is 0 Å². The van der Waals surface area contributed by atoms with Crippen LogP contribution in [0.25, 0.3) is 0 Å². The third kappa shape index (κ3) is 2.52. The van der Waals surface area contributed by atoms with Crippen LogP contribution in [0.15, 0.2) is 0 Å². The van der Waals surface area contributed by atoms with E-state index < -0.39 is 6.10 Å². The summed E-state index contributed by atoms with van der Waals surface area (Å²) in [6, 6.07) is -0.00285. The Kier molecular flexibility index (Phi) is 4.16. The molecule has 0 aromatic rings. The number of hydrogen-bond donors (Lipinski definition) is 1. The molecule has 1 saturated heterocycles. The molecule has 1 radical (unpaired) electrons. The molecule has 12 heavy (non-hydrogen) atoms. The Hall–Kier alpha value is 0.0449. The van der Waals surface area contributed by atoms with E-state index >= 15 is 0 Å². The van der Waals surface area contributed by atoms with Crippen LogP contribution >= 0.6 is 8.69 Å². The van der Waals surface area contributed by atoms with Gasteiger partial charge in [0, 0.05) is 6.00 Å². The zero-order valence-corrected chi connectivity index (χ0v) is 7.74. The first-order valence-electron chi connectivity index (χ1n) is 3.85. The van der Waals surface area contributed by atoms with Crippen molar-refractivity contribution < 1.29 is 18.9 Å². The highest BCUT2D eigenvalue weighted by Gasteiger charge is 2.32. The fraction of sp³-hybridized carbons (Fsp3) is 1.00. The van der Waals surface area contributed by atoms with Crippen LogP contribution in [0.2, 0.25) is 6.82 Å². The highest BCUT2D eigenvalue weighted by molar-refractivity contribution is 7.17. The number of rotatable bonds is 4. The molecule has 1 fully saturated rings. The van der Waals surface area contributed by atoms with Gasteiger partial charge in [-0.05, 0) is 6.42 Å². The SMILES string of the molecule is C[B]C1CC(O)C(COP=O)O1. The van der Waals surface area contributed by atoms with E-state index in [0.29, 0.717) is 6.42 Å². The first-order chi connectivity index (χ1) is 5.77. The summed E-state index contributed by atoms with van der Waals surface area (Å²) < 4.78 is 19.9. The third-order valence-electron chi connectivity index (χ3n) is 1.92. The predicted molar refractivity (Wildman–Crippen MR) is 44.5 cm³/mol. The average molecular weight is 189 g/mol. The van der Waals surface area contributed by atoms with E-state index in [1.807, 2.05) is 14.1 Å². The maximum absolute atomic E-state index is 9.95. The topological polar surface area (TPSA) is 55.8 Å². The monoisotopic (exact) mass is 189 g/mol. The van der Waals surface area contributed by atoms with Gasteiger partial charge in [0.1, 0.15) is 13.4 Å². The molecule has 1 heterocycles. The summed E-state index contributed by atoms with van der Waals surface area (Å²) >= 11 is 0. The molecule has 3 atom stereocenters. The summed E-state index contributed by atoms with van der Waals surface area (Å²) in [6.07, 6.45) is -0.249. The van der Waals surface area contributed by atoms with Crippen LogP contribution in [-0.4, -0.2) is 37.2 Å². The van der Waals surface area contributed by atoms with Gasteiger partial charge in [0.25, 0.3) is 0 Å². The fourth-order valence-electron chi connectivity index (χ4n) is 1.23. The van der Waals surface area contributed by atoms with Crippen LogP contribution in [0.4, 0.5) is 0 Å². The molecule has 3 unspecified atom stereocenters. The van der Waals surface area contributed by atoms with Crippen LogP contribution < -0.4 is 0 Å². The second-order valence-corrected chi connectivity index (χ2v) is 3.13. The van der Waals surface area contributed by atoms with E-state index in [2.05, 4.69) is 4.52 Å². The zero-order chi connectivity index (χ0) is 8.97. The summed E-state index contributed by atoms with van der Waals surface area (Å²) in [5.74, 6) is 0. The minimum absolute atomic E-state index is 0.00285.